The summed E-state index contributed by atoms with van der Waals surface area (Å²) < 4.78 is 4.87. The summed E-state index contributed by atoms with van der Waals surface area (Å²) in [7, 11) is 1.60. The lowest BCUT2D eigenvalue weighted by Crippen LogP contribution is -2.38. The van der Waals surface area contributed by atoms with Crippen molar-refractivity contribution in [1.82, 2.24) is 16.0 Å². The van der Waals surface area contributed by atoms with Crippen LogP contribution in [0.15, 0.2) is 16.4 Å². The van der Waals surface area contributed by atoms with Gasteiger partial charge in [0.2, 0.25) is 5.91 Å². The molecule has 1 heterocycles. The summed E-state index contributed by atoms with van der Waals surface area (Å²) in [6.45, 7) is 6.64. The number of guanidine groups is 1. The minimum Gasteiger partial charge on any atom is -0.383 e. The van der Waals surface area contributed by atoms with E-state index in [1.54, 1.807) is 18.4 Å². The van der Waals surface area contributed by atoms with E-state index in [4.69, 9.17) is 4.74 Å². The fourth-order valence-electron chi connectivity index (χ4n) is 1.59. The van der Waals surface area contributed by atoms with Crippen molar-refractivity contribution >= 4 is 47.2 Å². The molecule has 1 aromatic heterocycles. The largest absolute Gasteiger partial charge is 0.383 e. The van der Waals surface area contributed by atoms with E-state index in [1.165, 1.54) is 10.4 Å². The van der Waals surface area contributed by atoms with Gasteiger partial charge in [-0.2, -0.15) is 0 Å². The summed E-state index contributed by atoms with van der Waals surface area (Å²) in [5.74, 6) is 0.531. The zero-order valence-corrected chi connectivity index (χ0v) is 16.4. The van der Waals surface area contributed by atoms with Gasteiger partial charge in [-0.3, -0.25) is 4.79 Å². The van der Waals surface area contributed by atoms with E-state index >= 15 is 0 Å². The number of aryl methyl sites for hydroxylation is 1. The first-order chi connectivity index (χ1) is 10.2. The number of carbonyl (C=O) groups excluding carboxylic acids is 1. The number of hydrogen-bond acceptors (Lipinski definition) is 4. The molecule has 0 saturated heterocycles. The van der Waals surface area contributed by atoms with Gasteiger partial charge >= 0.3 is 0 Å². The molecule has 3 N–H and O–H groups in total. The second-order valence-electron chi connectivity index (χ2n) is 4.42. The van der Waals surface area contributed by atoms with E-state index in [1.807, 2.05) is 6.92 Å². The summed E-state index contributed by atoms with van der Waals surface area (Å²) in [6.07, 6.45) is 0. The number of halogens is 1. The van der Waals surface area contributed by atoms with Crippen molar-refractivity contribution in [2.75, 3.05) is 33.4 Å². The molecule has 0 radical (unpaired) electrons. The molecular weight excluding hydrogens is 415 g/mol. The van der Waals surface area contributed by atoms with Gasteiger partial charge in [-0.05, 0) is 30.9 Å². The summed E-state index contributed by atoms with van der Waals surface area (Å²) in [4.78, 5) is 17.1. The normalized spacial score (nSPS) is 10.8. The predicted molar refractivity (Wildman–Crippen MR) is 102 cm³/mol. The lowest BCUT2D eigenvalue weighted by molar-refractivity contribution is -0.119. The van der Waals surface area contributed by atoms with E-state index in [2.05, 4.69) is 39.3 Å². The molecule has 22 heavy (non-hydrogen) atoms. The summed E-state index contributed by atoms with van der Waals surface area (Å²) in [6, 6.07) is 2.09. The van der Waals surface area contributed by atoms with Crippen LogP contribution in [0.25, 0.3) is 0 Å². The Balaban J connectivity index is 0.00000441. The molecule has 0 bridgehead atoms. The number of thiophene rings is 1. The smallest absolute Gasteiger partial charge is 0.241 e. The van der Waals surface area contributed by atoms with Crippen molar-refractivity contribution in [3.63, 3.8) is 0 Å². The number of amides is 1. The minimum absolute atomic E-state index is 0. The van der Waals surface area contributed by atoms with E-state index < -0.39 is 0 Å². The molecule has 0 spiro atoms. The molecule has 8 heteroatoms. The zero-order valence-electron chi connectivity index (χ0n) is 13.3. The van der Waals surface area contributed by atoms with E-state index in [0.29, 0.717) is 25.7 Å². The maximum absolute atomic E-state index is 11.6. The predicted octanol–water partition coefficient (Wildman–Crippen LogP) is 1.49. The number of hydrogen-bond donors (Lipinski definition) is 3. The van der Waals surface area contributed by atoms with Crippen LogP contribution in [0.4, 0.5) is 0 Å². The summed E-state index contributed by atoms with van der Waals surface area (Å²) in [5, 5.41) is 11.2. The molecule has 0 aliphatic rings. The average Bonchev–Trinajstić information content (AvgIpc) is 2.87. The Hall–Kier alpha value is -0.870. The Morgan fingerprint density at radius 2 is 2.14 bits per heavy atom. The maximum atomic E-state index is 11.6. The Morgan fingerprint density at radius 1 is 1.36 bits per heavy atom. The minimum atomic E-state index is -0.114. The van der Waals surface area contributed by atoms with Gasteiger partial charge in [0, 0.05) is 25.1 Å². The number of methoxy groups -OCH3 is 1. The van der Waals surface area contributed by atoms with Crippen LogP contribution >= 0.6 is 35.3 Å². The Kier molecular flexibility index (Phi) is 12.2. The molecule has 0 atom stereocenters. The van der Waals surface area contributed by atoms with Crippen LogP contribution in [0.1, 0.15) is 17.4 Å². The van der Waals surface area contributed by atoms with Crippen molar-refractivity contribution in [1.29, 1.82) is 0 Å². The highest BCUT2D eigenvalue weighted by Gasteiger charge is 2.04. The SMILES string of the molecule is CCNC(=NCC(=O)NCCOC)NCc1sccc1C.I. The standard InChI is InChI=1S/C14H24N4O2S.HI/c1-4-15-14(17-9-12-11(2)5-8-21-12)18-10-13(19)16-6-7-20-3;/h5,8H,4,6-7,9-10H2,1-3H3,(H,16,19)(H2,15,17,18);1H. The molecule has 6 nitrogen and oxygen atoms in total. The van der Waals surface area contributed by atoms with Crippen LogP contribution in [-0.2, 0) is 16.1 Å². The van der Waals surface area contributed by atoms with Gasteiger partial charge < -0.3 is 20.7 Å². The molecule has 0 saturated carbocycles. The third-order valence-electron chi connectivity index (χ3n) is 2.74. The van der Waals surface area contributed by atoms with Gasteiger partial charge in [0.05, 0.1) is 13.2 Å². The molecule has 1 amide bonds. The van der Waals surface area contributed by atoms with Gasteiger partial charge in [0.1, 0.15) is 6.54 Å². The molecule has 0 aliphatic heterocycles. The number of rotatable bonds is 8. The first-order valence-electron chi connectivity index (χ1n) is 6.98. The highest BCUT2D eigenvalue weighted by Crippen LogP contribution is 2.14. The Labute approximate surface area is 153 Å². The van der Waals surface area contributed by atoms with Crippen LogP contribution in [0, 0.1) is 6.92 Å². The fraction of sp³-hybridized carbons (Fsp3) is 0.571. The van der Waals surface area contributed by atoms with E-state index in [-0.39, 0.29) is 36.4 Å². The third kappa shape index (κ3) is 8.54. The van der Waals surface area contributed by atoms with Gasteiger partial charge in [-0.25, -0.2) is 4.99 Å². The fourth-order valence-corrected chi connectivity index (χ4v) is 2.44. The first kappa shape index (κ1) is 21.1. The van der Waals surface area contributed by atoms with E-state index in [0.717, 1.165) is 6.54 Å². The van der Waals surface area contributed by atoms with Crippen molar-refractivity contribution in [3.8, 4) is 0 Å². The van der Waals surface area contributed by atoms with Crippen molar-refractivity contribution in [2.24, 2.45) is 4.99 Å². The quantitative estimate of drug-likeness (QED) is 0.248. The second-order valence-corrected chi connectivity index (χ2v) is 5.42. The molecule has 0 unspecified atom stereocenters. The topological polar surface area (TPSA) is 74.8 Å². The van der Waals surface area contributed by atoms with Gasteiger partial charge in [0.25, 0.3) is 0 Å². The van der Waals surface area contributed by atoms with Crippen molar-refractivity contribution in [2.45, 2.75) is 20.4 Å². The maximum Gasteiger partial charge on any atom is 0.241 e. The molecule has 0 fully saturated rings. The average molecular weight is 440 g/mol. The Bertz CT molecular complexity index is 465. The van der Waals surface area contributed by atoms with Crippen LogP contribution in [0.2, 0.25) is 0 Å². The van der Waals surface area contributed by atoms with Crippen LogP contribution in [-0.4, -0.2) is 45.2 Å². The first-order valence-corrected chi connectivity index (χ1v) is 7.86. The molecule has 1 rings (SSSR count). The van der Waals surface area contributed by atoms with E-state index in [9.17, 15) is 4.79 Å². The van der Waals surface area contributed by atoms with Crippen LogP contribution < -0.4 is 16.0 Å². The number of carbonyl (C=O) groups is 1. The zero-order chi connectivity index (χ0) is 15.5. The number of nitrogens with zero attached hydrogens (tertiary/aromatic N) is 1. The van der Waals surface area contributed by atoms with Crippen LogP contribution in [0.5, 0.6) is 0 Å². The summed E-state index contributed by atoms with van der Waals surface area (Å²) >= 11 is 1.71. The summed E-state index contributed by atoms with van der Waals surface area (Å²) in [5.41, 5.74) is 1.26. The highest BCUT2D eigenvalue weighted by molar-refractivity contribution is 14.0. The number of nitrogens with one attached hydrogen (secondary N) is 3. The third-order valence-corrected chi connectivity index (χ3v) is 3.76. The van der Waals surface area contributed by atoms with Crippen molar-refractivity contribution < 1.29 is 9.53 Å². The molecule has 1 aromatic rings. The van der Waals surface area contributed by atoms with Gasteiger partial charge in [-0.15, -0.1) is 35.3 Å². The Morgan fingerprint density at radius 3 is 2.73 bits per heavy atom. The van der Waals surface area contributed by atoms with Crippen molar-refractivity contribution in [3.05, 3.63) is 21.9 Å². The molecule has 0 aromatic carbocycles. The van der Waals surface area contributed by atoms with Crippen LogP contribution in [0.3, 0.4) is 0 Å². The van der Waals surface area contributed by atoms with Gasteiger partial charge in [0.15, 0.2) is 5.96 Å². The monoisotopic (exact) mass is 440 g/mol. The molecule has 126 valence electrons. The number of ether oxygens (including phenoxy) is 1. The second kappa shape index (κ2) is 12.7. The lowest BCUT2D eigenvalue weighted by Gasteiger charge is -2.11. The number of aliphatic imine (C=N–C) groups is 1. The molecular formula is C14H25IN4O2S. The van der Waals surface area contributed by atoms with Gasteiger partial charge in [-0.1, -0.05) is 0 Å². The highest BCUT2D eigenvalue weighted by atomic mass is 127. The molecule has 0 aliphatic carbocycles. The lowest BCUT2D eigenvalue weighted by atomic mass is 10.3.